The monoisotopic (exact) mass is 391 g/mol. The molecule has 4 rings (SSSR count). The van der Waals surface area contributed by atoms with Crippen molar-refractivity contribution in [1.82, 2.24) is 0 Å². The second kappa shape index (κ2) is 6.41. The fourth-order valence-electron chi connectivity index (χ4n) is 3.42. The number of hydrogen-bond acceptors (Lipinski definition) is 3. The number of cyclic esters (lactones) is 1. The highest BCUT2D eigenvalue weighted by atomic mass is 35.5. The van der Waals surface area contributed by atoms with E-state index in [0.29, 0.717) is 32.6 Å². The maximum absolute atomic E-state index is 13.6. The molecular formula is C19H12Cl2FNO3. The zero-order valence-electron chi connectivity index (χ0n) is 13.3. The predicted molar refractivity (Wildman–Crippen MR) is 95.7 cm³/mol. The summed E-state index contributed by atoms with van der Waals surface area (Å²) in [4.78, 5) is 26.6. The molecule has 2 aromatic rings. The Bertz CT molecular complexity index is 973. The predicted octanol–water partition coefficient (Wildman–Crippen LogP) is 4.46. The number of hydrogen-bond donors (Lipinski definition) is 0. The van der Waals surface area contributed by atoms with Crippen LogP contribution in [0.5, 0.6) is 0 Å². The van der Waals surface area contributed by atoms with Gasteiger partial charge in [-0.3, -0.25) is 9.69 Å². The molecule has 0 saturated carbocycles. The minimum absolute atomic E-state index is 0.0196. The van der Waals surface area contributed by atoms with Crippen molar-refractivity contribution in [2.24, 2.45) is 0 Å². The summed E-state index contributed by atoms with van der Waals surface area (Å²) in [5.41, 5.74) is 1.79. The summed E-state index contributed by atoms with van der Waals surface area (Å²) in [5, 5.41) is 0.839. The average Bonchev–Trinajstić information content (AvgIpc) is 2.96. The number of esters is 1. The number of anilines is 1. The van der Waals surface area contributed by atoms with Gasteiger partial charge in [-0.2, -0.15) is 0 Å². The van der Waals surface area contributed by atoms with Gasteiger partial charge < -0.3 is 4.74 Å². The van der Waals surface area contributed by atoms with Crippen LogP contribution in [0.2, 0.25) is 10.0 Å². The van der Waals surface area contributed by atoms with E-state index < -0.39 is 17.7 Å². The summed E-state index contributed by atoms with van der Waals surface area (Å²) in [7, 11) is 0. The zero-order valence-corrected chi connectivity index (χ0v) is 14.9. The normalized spacial score (nSPS) is 19.7. The van der Waals surface area contributed by atoms with Gasteiger partial charge in [-0.05, 0) is 35.9 Å². The van der Waals surface area contributed by atoms with E-state index >= 15 is 0 Å². The first-order chi connectivity index (χ1) is 12.5. The van der Waals surface area contributed by atoms with Gasteiger partial charge in [-0.15, -0.1) is 0 Å². The van der Waals surface area contributed by atoms with E-state index in [9.17, 15) is 14.0 Å². The Morgan fingerprint density at radius 3 is 2.65 bits per heavy atom. The number of ether oxygens (including phenoxy) is 1. The standard InChI is InChI=1S/C19H12Cl2FNO3/c20-10-4-5-13(15(21)6-10)14-8-17(24)23(12-3-1-2-11(22)7-12)16-9-26-19(25)18(14)16/h1-7,14H,8-9H2/t14-/m0/s1. The Hall–Kier alpha value is -2.37. The SMILES string of the molecule is O=C1OCC2=C1[C@H](c1ccc(Cl)cc1Cl)CC(=O)N2c1cccc(F)c1. The lowest BCUT2D eigenvalue weighted by atomic mass is 9.84. The van der Waals surface area contributed by atoms with Gasteiger partial charge in [0, 0.05) is 22.4 Å². The van der Waals surface area contributed by atoms with Crippen molar-refractivity contribution >= 4 is 40.8 Å². The lowest BCUT2D eigenvalue weighted by molar-refractivity contribution is -0.136. The first-order valence-electron chi connectivity index (χ1n) is 7.89. The topological polar surface area (TPSA) is 46.6 Å². The number of amides is 1. The van der Waals surface area contributed by atoms with E-state index in [2.05, 4.69) is 0 Å². The number of halogens is 3. The molecule has 1 amide bonds. The third kappa shape index (κ3) is 2.77. The van der Waals surface area contributed by atoms with Crippen molar-refractivity contribution in [3.63, 3.8) is 0 Å². The summed E-state index contributed by atoms with van der Waals surface area (Å²) in [5.74, 6) is -1.75. The molecular weight excluding hydrogens is 380 g/mol. The van der Waals surface area contributed by atoms with Crippen LogP contribution < -0.4 is 4.90 Å². The van der Waals surface area contributed by atoms with Crippen molar-refractivity contribution in [1.29, 1.82) is 0 Å². The smallest absolute Gasteiger partial charge is 0.336 e. The molecule has 2 heterocycles. The third-order valence-electron chi connectivity index (χ3n) is 4.52. The Kier molecular flexibility index (Phi) is 4.21. The van der Waals surface area contributed by atoms with Gasteiger partial charge in [0.25, 0.3) is 0 Å². The molecule has 2 aliphatic heterocycles. The van der Waals surface area contributed by atoms with Gasteiger partial charge in [0.15, 0.2) is 0 Å². The maximum Gasteiger partial charge on any atom is 0.336 e. The zero-order chi connectivity index (χ0) is 18.4. The molecule has 1 atom stereocenters. The van der Waals surface area contributed by atoms with Crippen LogP contribution in [0.25, 0.3) is 0 Å². The van der Waals surface area contributed by atoms with E-state index in [1.54, 1.807) is 24.3 Å². The van der Waals surface area contributed by atoms with Crippen LogP contribution in [0.3, 0.4) is 0 Å². The van der Waals surface area contributed by atoms with E-state index in [1.807, 2.05) is 0 Å². The Balaban J connectivity index is 1.85. The number of benzene rings is 2. The lowest BCUT2D eigenvalue weighted by Crippen LogP contribution is -2.37. The lowest BCUT2D eigenvalue weighted by Gasteiger charge is -2.32. The molecule has 2 aliphatic rings. The highest BCUT2D eigenvalue weighted by Gasteiger charge is 2.43. The number of rotatable bonds is 2. The summed E-state index contributed by atoms with van der Waals surface area (Å²) < 4.78 is 18.8. The van der Waals surface area contributed by atoms with E-state index in [1.165, 1.54) is 23.1 Å². The van der Waals surface area contributed by atoms with Gasteiger partial charge >= 0.3 is 5.97 Å². The van der Waals surface area contributed by atoms with Crippen molar-refractivity contribution in [2.75, 3.05) is 11.5 Å². The molecule has 0 saturated heterocycles. The molecule has 0 fully saturated rings. The quantitative estimate of drug-likeness (QED) is 0.709. The van der Waals surface area contributed by atoms with E-state index in [0.717, 1.165) is 0 Å². The van der Waals surface area contributed by atoms with Crippen LogP contribution in [0, 0.1) is 5.82 Å². The molecule has 0 spiro atoms. The molecule has 7 heteroatoms. The highest BCUT2D eigenvalue weighted by Crippen LogP contribution is 2.44. The van der Waals surface area contributed by atoms with Crippen molar-refractivity contribution < 1.29 is 18.7 Å². The number of carbonyl (C=O) groups excluding carboxylic acids is 2. The first-order valence-corrected chi connectivity index (χ1v) is 8.65. The average molecular weight is 392 g/mol. The second-order valence-electron chi connectivity index (χ2n) is 6.07. The second-order valence-corrected chi connectivity index (χ2v) is 6.91. The van der Waals surface area contributed by atoms with Gasteiger partial charge in [0.2, 0.25) is 5.91 Å². The highest BCUT2D eigenvalue weighted by molar-refractivity contribution is 6.35. The molecule has 0 radical (unpaired) electrons. The third-order valence-corrected chi connectivity index (χ3v) is 5.08. The molecule has 26 heavy (non-hydrogen) atoms. The first kappa shape index (κ1) is 17.1. The Labute approximate surface area is 158 Å². The molecule has 132 valence electrons. The van der Waals surface area contributed by atoms with Gasteiger partial charge in [-0.1, -0.05) is 35.3 Å². The summed E-state index contributed by atoms with van der Waals surface area (Å²) in [6, 6.07) is 10.6. The van der Waals surface area contributed by atoms with Crippen LogP contribution in [0.4, 0.5) is 10.1 Å². The Morgan fingerprint density at radius 1 is 1.12 bits per heavy atom. The van der Waals surface area contributed by atoms with Crippen LogP contribution in [-0.4, -0.2) is 18.5 Å². The fourth-order valence-corrected chi connectivity index (χ4v) is 3.96. The number of carbonyl (C=O) groups is 2. The van der Waals surface area contributed by atoms with Crippen molar-refractivity contribution in [3.8, 4) is 0 Å². The van der Waals surface area contributed by atoms with Gasteiger partial charge in [-0.25, -0.2) is 9.18 Å². The largest absolute Gasteiger partial charge is 0.456 e. The van der Waals surface area contributed by atoms with E-state index in [-0.39, 0.29) is 18.9 Å². The van der Waals surface area contributed by atoms with Crippen molar-refractivity contribution in [2.45, 2.75) is 12.3 Å². The van der Waals surface area contributed by atoms with Gasteiger partial charge in [0.1, 0.15) is 12.4 Å². The minimum Gasteiger partial charge on any atom is -0.456 e. The van der Waals surface area contributed by atoms with Gasteiger partial charge in [0.05, 0.1) is 17.0 Å². The Morgan fingerprint density at radius 2 is 1.92 bits per heavy atom. The molecule has 4 nitrogen and oxygen atoms in total. The van der Waals surface area contributed by atoms with Crippen LogP contribution in [0.1, 0.15) is 17.9 Å². The molecule has 0 aromatic heterocycles. The van der Waals surface area contributed by atoms with Crippen LogP contribution >= 0.6 is 23.2 Å². The molecule has 2 aromatic carbocycles. The van der Waals surface area contributed by atoms with Crippen LogP contribution in [0.15, 0.2) is 53.7 Å². The minimum atomic E-state index is -0.526. The molecule has 0 N–H and O–H groups in total. The summed E-state index contributed by atoms with van der Waals surface area (Å²) in [6.45, 7) is -0.0435. The summed E-state index contributed by atoms with van der Waals surface area (Å²) >= 11 is 12.2. The maximum atomic E-state index is 13.6. The van der Waals surface area contributed by atoms with Crippen molar-refractivity contribution in [3.05, 3.63) is 75.2 Å². The summed E-state index contributed by atoms with van der Waals surface area (Å²) in [6.07, 6.45) is 0.0196. The molecule has 0 bridgehead atoms. The molecule has 0 unspecified atom stereocenters. The molecule has 0 aliphatic carbocycles. The fraction of sp³-hybridized carbons (Fsp3) is 0.158. The van der Waals surface area contributed by atoms with E-state index in [4.69, 9.17) is 27.9 Å². The van der Waals surface area contributed by atoms with Crippen LogP contribution in [-0.2, 0) is 14.3 Å². The number of nitrogens with zero attached hydrogens (tertiary/aromatic N) is 1.